The van der Waals surface area contributed by atoms with Gasteiger partial charge in [0.05, 0.1) is 5.56 Å². The van der Waals surface area contributed by atoms with Crippen molar-refractivity contribution in [2.24, 2.45) is 0 Å². The molecule has 8 nitrogen and oxygen atoms in total. The Kier molecular flexibility index (Phi) is 7.58. The van der Waals surface area contributed by atoms with E-state index >= 15 is 0 Å². The smallest absolute Gasteiger partial charge is 0.269 e. The molecule has 0 unspecified atom stereocenters. The molecule has 2 aromatic carbocycles. The number of benzene rings is 2. The molecule has 33 heavy (non-hydrogen) atoms. The van der Waals surface area contributed by atoms with Crippen molar-refractivity contribution in [2.45, 2.75) is 50.7 Å². The molecule has 0 bridgehead atoms. The van der Waals surface area contributed by atoms with Gasteiger partial charge in [0.25, 0.3) is 15.9 Å². The second-order valence-corrected chi connectivity index (χ2v) is 10.7. The highest BCUT2D eigenvalue weighted by atomic mass is 79.9. The second-order valence-electron chi connectivity index (χ2n) is 7.95. The van der Waals surface area contributed by atoms with E-state index in [1.165, 1.54) is 23.1 Å². The number of sulfonamides is 1. The fourth-order valence-corrected chi connectivity index (χ4v) is 5.22. The zero-order valence-corrected chi connectivity index (χ0v) is 21.0. The molecular formula is C23H26BrN3O5S. The zero-order valence-electron chi connectivity index (χ0n) is 18.6. The van der Waals surface area contributed by atoms with Gasteiger partial charge in [-0.3, -0.25) is 14.4 Å². The van der Waals surface area contributed by atoms with Crippen LogP contribution in [0.15, 0.2) is 57.9 Å². The first-order chi connectivity index (χ1) is 15.6. The summed E-state index contributed by atoms with van der Waals surface area (Å²) in [5.41, 5.74) is 0.793. The molecule has 10 heteroatoms. The van der Waals surface area contributed by atoms with Gasteiger partial charge in [0, 0.05) is 17.1 Å². The summed E-state index contributed by atoms with van der Waals surface area (Å²) in [5, 5.41) is 2.85. The maximum absolute atomic E-state index is 13.3. The second kappa shape index (κ2) is 10.0. The molecule has 0 saturated carbocycles. The van der Waals surface area contributed by atoms with Crippen LogP contribution in [-0.2, 0) is 26.2 Å². The molecule has 1 heterocycles. The standard InChI is InChI=1S/C23H26BrN3O5S/c1-4-15(2)25-22(29)16(3)26(13-17-9-11-18(24)12-10-17)21(28)14-27-23(30)19-7-5-6-8-20(19)33(27,31)32/h5-12,15-16H,4,13-14H2,1-3H3,(H,25,29)/t15-,16+/m1/s1. The zero-order chi connectivity index (χ0) is 24.3. The van der Waals surface area contributed by atoms with E-state index in [9.17, 15) is 22.8 Å². The van der Waals surface area contributed by atoms with Crippen LogP contribution in [0.5, 0.6) is 0 Å². The van der Waals surface area contributed by atoms with E-state index in [2.05, 4.69) is 21.2 Å². The van der Waals surface area contributed by atoms with Crippen LogP contribution in [0.3, 0.4) is 0 Å². The minimum atomic E-state index is -4.14. The molecule has 0 saturated heterocycles. The Morgan fingerprint density at radius 3 is 2.33 bits per heavy atom. The fourth-order valence-electron chi connectivity index (χ4n) is 3.44. The van der Waals surface area contributed by atoms with E-state index < -0.39 is 34.4 Å². The molecule has 3 amide bonds. The van der Waals surface area contributed by atoms with Gasteiger partial charge in [0.1, 0.15) is 17.5 Å². The normalized spacial score (nSPS) is 16.1. The molecule has 176 valence electrons. The number of amides is 3. The number of hydrogen-bond donors (Lipinski definition) is 1. The molecule has 0 aromatic heterocycles. The summed E-state index contributed by atoms with van der Waals surface area (Å²) in [4.78, 5) is 40.1. The van der Waals surface area contributed by atoms with Gasteiger partial charge in [-0.15, -0.1) is 0 Å². The number of halogens is 1. The highest BCUT2D eigenvalue weighted by molar-refractivity contribution is 9.10. The van der Waals surface area contributed by atoms with Crippen molar-refractivity contribution in [1.82, 2.24) is 14.5 Å². The van der Waals surface area contributed by atoms with Gasteiger partial charge in [-0.25, -0.2) is 12.7 Å². The Bertz CT molecular complexity index is 1170. The highest BCUT2D eigenvalue weighted by Gasteiger charge is 2.43. The van der Waals surface area contributed by atoms with Crippen LogP contribution in [0, 0.1) is 0 Å². The van der Waals surface area contributed by atoms with Crippen LogP contribution < -0.4 is 5.32 Å². The molecule has 0 aliphatic carbocycles. The predicted octanol–water partition coefficient (Wildman–Crippen LogP) is 2.93. The largest absolute Gasteiger partial charge is 0.352 e. The third-order valence-corrected chi connectivity index (χ3v) is 7.94. The van der Waals surface area contributed by atoms with Crippen LogP contribution in [0.4, 0.5) is 0 Å². The van der Waals surface area contributed by atoms with E-state index in [1.807, 2.05) is 26.0 Å². The number of carbonyl (C=O) groups excluding carboxylic acids is 3. The van der Waals surface area contributed by atoms with Gasteiger partial charge >= 0.3 is 0 Å². The average Bonchev–Trinajstić information content (AvgIpc) is 2.98. The Morgan fingerprint density at radius 1 is 1.09 bits per heavy atom. The molecule has 1 aliphatic heterocycles. The lowest BCUT2D eigenvalue weighted by atomic mass is 10.1. The van der Waals surface area contributed by atoms with Crippen molar-refractivity contribution in [3.63, 3.8) is 0 Å². The number of nitrogens with one attached hydrogen (secondary N) is 1. The van der Waals surface area contributed by atoms with Gasteiger partial charge < -0.3 is 10.2 Å². The van der Waals surface area contributed by atoms with Gasteiger partial charge in [-0.05, 0) is 50.1 Å². The van der Waals surface area contributed by atoms with Crippen LogP contribution >= 0.6 is 15.9 Å². The Morgan fingerprint density at radius 2 is 1.73 bits per heavy atom. The van der Waals surface area contributed by atoms with E-state index in [0.717, 1.165) is 16.5 Å². The van der Waals surface area contributed by atoms with Gasteiger partial charge in [0.15, 0.2) is 0 Å². The summed E-state index contributed by atoms with van der Waals surface area (Å²) in [6.45, 7) is 4.77. The van der Waals surface area contributed by atoms with E-state index in [0.29, 0.717) is 4.31 Å². The molecule has 0 fully saturated rings. The highest BCUT2D eigenvalue weighted by Crippen LogP contribution is 2.30. The van der Waals surface area contributed by atoms with Crippen molar-refractivity contribution in [1.29, 1.82) is 0 Å². The SMILES string of the molecule is CC[C@@H](C)NC(=O)[C@H](C)N(Cc1ccc(Br)cc1)C(=O)CN1C(=O)c2ccccc2S1(=O)=O. The lowest BCUT2D eigenvalue weighted by molar-refractivity contribution is -0.140. The van der Waals surface area contributed by atoms with Crippen LogP contribution in [0.25, 0.3) is 0 Å². The molecule has 2 atom stereocenters. The van der Waals surface area contributed by atoms with Crippen molar-refractivity contribution in [3.8, 4) is 0 Å². The summed E-state index contributed by atoms with van der Waals surface area (Å²) in [6.07, 6.45) is 0.720. The summed E-state index contributed by atoms with van der Waals surface area (Å²) < 4.78 is 27.2. The Hall–Kier alpha value is -2.72. The molecule has 3 rings (SSSR count). The van der Waals surface area contributed by atoms with E-state index in [-0.39, 0.29) is 29.0 Å². The predicted molar refractivity (Wildman–Crippen MR) is 127 cm³/mol. The first kappa shape index (κ1) is 24.9. The maximum Gasteiger partial charge on any atom is 0.269 e. The topological polar surface area (TPSA) is 104 Å². The van der Waals surface area contributed by atoms with Gasteiger partial charge in [-0.1, -0.05) is 47.1 Å². The first-order valence-electron chi connectivity index (χ1n) is 10.6. The molecule has 2 aromatic rings. The third-order valence-electron chi connectivity index (χ3n) is 5.63. The summed E-state index contributed by atoms with van der Waals surface area (Å²) >= 11 is 3.36. The molecule has 0 radical (unpaired) electrons. The minimum absolute atomic E-state index is 0.0346. The fraction of sp³-hybridized carbons (Fsp3) is 0.348. The van der Waals surface area contributed by atoms with Gasteiger partial charge in [0.2, 0.25) is 11.8 Å². The third kappa shape index (κ3) is 5.27. The number of rotatable bonds is 8. The minimum Gasteiger partial charge on any atom is -0.352 e. The van der Waals surface area contributed by atoms with Crippen LogP contribution in [0.2, 0.25) is 0 Å². The molecule has 1 aliphatic rings. The summed E-state index contributed by atoms with van der Waals surface area (Å²) in [6, 6.07) is 12.1. The van der Waals surface area contributed by atoms with E-state index in [4.69, 9.17) is 0 Å². The summed E-state index contributed by atoms with van der Waals surface area (Å²) in [7, 11) is -4.14. The lowest BCUT2D eigenvalue weighted by Gasteiger charge is -2.30. The Labute approximate surface area is 202 Å². The van der Waals surface area contributed by atoms with Crippen molar-refractivity contribution in [3.05, 3.63) is 64.1 Å². The van der Waals surface area contributed by atoms with Crippen molar-refractivity contribution >= 4 is 43.7 Å². The van der Waals surface area contributed by atoms with Gasteiger partial charge in [-0.2, -0.15) is 0 Å². The van der Waals surface area contributed by atoms with Crippen molar-refractivity contribution < 1.29 is 22.8 Å². The first-order valence-corrected chi connectivity index (χ1v) is 12.8. The maximum atomic E-state index is 13.3. The quantitative estimate of drug-likeness (QED) is 0.559. The van der Waals surface area contributed by atoms with Crippen LogP contribution in [0.1, 0.15) is 43.1 Å². The molecular weight excluding hydrogens is 510 g/mol. The van der Waals surface area contributed by atoms with Crippen molar-refractivity contribution in [2.75, 3.05) is 6.54 Å². The Balaban J connectivity index is 1.88. The summed E-state index contributed by atoms with van der Waals surface area (Å²) in [5.74, 6) is -1.75. The monoisotopic (exact) mass is 535 g/mol. The van der Waals surface area contributed by atoms with Crippen LogP contribution in [-0.4, -0.2) is 54.0 Å². The number of hydrogen-bond acceptors (Lipinski definition) is 5. The lowest BCUT2D eigenvalue weighted by Crippen LogP contribution is -2.52. The number of carbonyl (C=O) groups is 3. The number of nitrogens with zero attached hydrogens (tertiary/aromatic N) is 2. The number of fused-ring (bicyclic) bond motifs is 1. The van der Waals surface area contributed by atoms with E-state index in [1.54, 1.807) is 25.1 Å². The molecule has 0 spiro atoms. The molecule has 1 N–H and O–H groups in total. The average molecular weight is 536 g/mol.